The van der Waals surface area contributed by atoms with Crippen molar-refractivity contribution in [2.75, 3.05) is 0 Å². The van der Waals surface area contributed by atoms with Crippen LogP contribution < -0.4 is 4.74 Å². The molecule has 156 valence electrons. The Morgan fingerprint density at radius 3 is 2.93 bits per heavy atom. The second-order valence-corrected chi connectivity index (χ2v) is 8.44. The minimum Gasteiger partial charge on any atom is -0.489 e. The van der Waals surface area contributed by atoms with Gasteiger partial charge in [0.15, 0.2) is 0 Å². The highest BCUT2D eigenvalue weighted by Crippen LogP contribution is 2.52. The highest BCUT2D eigenvalue weighted by molar-refractivity contribution is 5.75. The van der Waals surface area contributed by atoms with E-state index >= 15 is 0 Å². The van der Waals surface area contributed by atoms with Crippen molar-refractivity contribution in [3.8, 4) is 17.6 Å². The molecule has 0 bridgehead atoms. The van der Waals surface area contributed by atoms with Crippen molar-refractivity contribution in [1.29, 1.82) is 0 Å². The molecule has 3 rings (SSSR count). The number of hydrogen-bond donors (Lipinski definition) is 2. The van der Waals surface area contributed by atoms with Crippen LogP contribution in [0.15, 0.2) is 30.4 Å². The number of ether oxygens (including phenoxy) is 1. The molecule has 1 fully saturated rings. The van der Waals surface area contributed by atoms with Gasteiger partial charge in [0.05, 0.1) is 12.2 Å². The molecule has 29 heavy (non-hydrogen) atoms. The van der Waals surface area contributed by atoms with Crippen molar-refractivity contribution in [2.24, 2.45) is 11.8 Å². The van der Waals surface area contributed by atoms with E-state index in [0.29, 0.717) is 19.3 Å². The Kier molecular flexibility index (Phi) is 7.16. The maximum Gasteiger partial charge on any atom is 0.129 e. The van der Waals surface area contributed by atoms with Crippen LogP contribution >= 0.6 is 0 Å². The minimum absolute atomic E-state index is 0.0378. The molecule has 4 heteroatoms. The highest BCUT2D eigenvalue weighted by atomic mass is 16.5. The molecule has 4 nitrogen and oxygen atoms in total. The number of hydrogen-bond acceptors (Lipinski definition) is 4. The molecule has 0 radical (unpaired) electrons. The number of aliphatic hydroxyl groups excluding tert-OH is 2. The van der Waals surface area contributed by atoms with Gasteiger partial charge in [-0.15, -0.1) is 11.8 Å². The quantitative estimate of drug-likeness (QED) is 0.518. The highest BCUT2D eigenvalue weighted by Gasteiger charge is 2.48. The first-order valence-electron chi connectivity index (χ1n) is 10.6. The number of carbonyl (C=O) groups excluding carboxylic acids is 1. The number of Topliss-reactive ketones (excluding diaryl/α,β-unsaturated/α-hetero) is 1. The van der Waals surface area contributed by atoms with Gasteiger partial charge < -0.3 is 19.7 Å². The average Bonchev–Trinajstić information content (AvgIpc) is 3.19. The molecule has 0 aromatic heterocycles. The summed E-state index contributed by atoms with van der Waals surface area (Å²) in [5.74, 6) is 7.09. The maximum absolute atomic E-state index is 11.2. The summed E-state index contributed by atoms with van der Waals surface area (Å²) in [7, 11) is 0. The average molecular weight is 397 g/mol. The minimum atomic E-state index is -0.582. The van der Waals surface area contributed by atoms with Crippen LogP contribution in [0.5, 0.6) is 5.75 Å². The second kappa shape index (κ2) is 9.61. The van der Waals surface area contributed by atoms with Crippen LogP contribution in [0, 0.1) is 23.7 Å². The summed E-state index contributed by atoms with van der Waals surface area (Å²) in [6.07, 6.45) is 6.15. The largest absolute Gasteiger partial charge is 0.489 e. The zero-order chi connectivity index (χ0) is 21.0. The fraction of sp³-hybridized carbons (Fsp3) is 0.560. The summed E-state index contributed by atoms with van der Waals surface area (Å²) in [5, 5.41) is 21.0. The molecule has 6 atom stereocenters. The number of aliphatic hydroxyl groups is 2. The van der Waals surface area contributed by atoms with Crippen molar-refractivity contribution in [3.63, 3.8) is 0 Å². The van der Waals surface area contributed by atoms with E-state index in [-0.39, 0.29) is 29.6 Å². The number of carbonyl (C=O) groups is 1. The van der Waals surface area contributed by atoms with E-state index < -0.39 is 12.2 Å². The Morgan fingerprint density at radius 1 is 1.41 bits per heavy atom. The van der Waals surface area contributed by atoms with Gasteiger partial charge in [-0.1, -0.05) is 37.3 Å². The molecule has 1 aromatic carbocycles. The Morgan fingerprint density at radius 2 is 2.21 bits per heavy atom. The van der Waals surface area contributed by atoms with Crippen LogP contribution in [0.25, 0.3) is 0 Å². The number of benzene rings is 1. The summed E-state index contributed by atoms with van der Waals surface area (Å²) in [6.45, 7) is 5.41. The molecular weight excluding hydrogens is 364 g/mol. The van der Waals surface area contributed by atoms with Crippen LogP contribution in [0.1, 0.15) is 63.5 Å². The lowest BCUT2D eigenvalue weighted by Gasteiger charge is -2.19. The van der Waals surface area contributed by atoms with E-state index in [2.05, 4.69) is 24.0 Å². The van der Waals surface area contributed by atoms with Crippen molar-refractivity contribution in [3.05, 3.63) is 41.5 Å². The van der Waals surface area contributed by atoms with Crippen molar-refractivity contribution in [2.45, 2.75) is 77.1 Å². The molecule has 0 unspecified atom stereocenters. The molecule has 2 N–H and O–H groups in total. The molecule has 0 amide bonds. The van der Waals surface area contributed by atoms with Gasteiger partial charge in [0.2, 0.25) is 0 Å². The fourth-order valence-electron chi connectivity index (χ4n) is 4.51. The normalized spacial score (nSPS) is 26.9. The number of rotatable bonds is 8. The summed E-state index contributed by atoms with van der Waals surface area (Å²) in [4.78, 5) is 11.2. The monoisotopic (exact) mass is 396 g/mol. The van der Waals surface area contributed by atoms with Gasteiger partial charge in [-0.25, -0.2) is 0 Å². The fourth-order valence-corrected chi connectivity index (χ4v) is 4.51. The van der Waals surface area contributed by atoms with Gasteiger partial charge in [-0.05, 0) is 38.2 Å². The molecule has 0 saturated heterocycles. The molecule has 1 aliphatic carbocycles. The van der Waals surface area contributed by atoms with Crippen LogP contribution in [-0.2, 0) is 11.2 Å². The van der Waals surface area contributed by atoms with Crippen LogP contribution in [-0.4, -0.2) is 34.3 Å². The van der Waals surface area contributed by atoms with Crippen molar-refractivity contribution in [1.82, 2.24) is 0 Å². The molecule has 1 heterocycles. The standard InChI is InChI=1S/C25H32O4/c1-4-5-8-16(2)21(27)14-13-19-22(28)15-23-24(19)20-12-7-11-18(25(20)29-23)10-6-9-17(3)26/h7,11-14,16,19,21-24,27-28H,6,8-10,15H2,1-3H3/b14-13+/t16-,19-,21+,22+,23-,24-/m0/s1. The third-order valence-corrected chi connectivity index (χ3v) is 6.18. The van der Waals surface area contributed by atoms with E-state index in [1.54, 1.807) is 13.8 Å². The van der Waals surface area contributed by atoms with Crippen molar-refractivity contribution >= 4 is 5.78 Å². The van der Waals surface area contributed by atoms with E-state index in [9.17, 15) is 15.0 Å². The maximum atomic E-state index is 11.2. The topological polar surface area (TPSA) is 66.8 Å². The predicted octanol–water partition coefficient (Wildman–Crippen LogP) is 3.79. The molecule has 1 aromatic rings. The van der Waals surface area contributed by atoms with Gasteiger partial charge in [-0.2, -0.15) is 0 Å². The number of para-hydroxylation sites is 1. The lowest BCUT2D eigenvalue weighted by atomic mass is 9.86. The molecular formula is C25H32O4. The predicted molar refractivity (Wildman–Crippen MR) is 114 cm³/mol. The van der Waals surface area contributed by atoms with E-state index in [1.807, 2.05) is 25.1 Å². The van der Waals surface area contributed by atoms with Gasteiger partial charge >= 0.3 is 0 Å². The zero-order valence-corrected chi connectivity index (χ0v) is 17.6. The summed E-state index contributed by atoms with van der Waals surface area (Å²) in [5.41, 5.74) is 2.28. The Hall–Kier alpha value is -2.09. The van der Waals surface area contributed by atoms with Crippen LogP contribution in [0.4, 0.5) is 0 Å². The smallest absolute Gasteiger partial charge is 0.129 e. The first kappa shape index (κ1) is 21.6. The molecule has 2 aliphatic rings. The Labute approximate surface area is 174 Å². The summed E-state index contributed by atoms with van der Waals surface area (Å²) >= 11 is 0. The Balaban J connectivity index is 1.75. The van der Waals surface area contributed by atoms with Gasteiger partial charge in [0, 0.05) is 36.7 Å². The summed E-state index contributed by atoms with van der Waals surface area (Å²) in [6, 6.07) is 6.20. The van der Waals surface area contributed by atoms with Gasteiger partial charge in [-0.3, -0.25) is 0 Å². The van der Waals surface area contributed by atoms with Crippen LogP contribution in [0.3, 0.4) is 0 Å². The van der Waals surface area contributed by atoms with Crippen molar-refractivity contribution < 1.29 is 19.7 Å². The zero-order valence-electron chi connectivity index (χ0n) is 17.6. The lowest BCUT2D eigenvalue weighted by Crippen LogP contribution is -2.19. The molecule has 1 saturated carbocycles. The number of ketones is 1. The van der Waals surface area contributed by atoms with Crippen LogP contribution in [0.2, 0.25) is 0 Å². The second-order valence-electron chi connectivity index (χ2n) is 8.44. The van der Waals surface area contributed by atoms with E-state index in [1.165, 1.54) is 0 Å². The first-order chi connectivity index (χ1) is 13.9. The van der Waals surface area contributed by atoms with E-state index in [4.69, 9.17) is 4.74 Å². The molecule has 0 spiro atoms. The number of aryl methyl sites for hydroxylation is 1. The van der Waals surface area contributed by atoms with E-state index in [0.717, 1.165) is 29.7 Å². The molecule has 1 aliphatic heterocycles. The third-order valence-electron chi connectivity index (χ3n) is 6.18. The summed E-state index contributed by atoms with van der Waals surface area (Å²) < 4.78 is 6.27. The first-order valence-corrected chi connectivity index (χ1v) is 10.6. The number of fused-ring (bicyclic) bond motifs is 3. The SMILES string of the molecule is CC#CC[C@H](C)[C@H](O)/C=C/[C@@H]1[C@H]2c3cccc(CCCC(C)=O)c3O[C@H]2C[C@H]1O. The van der Waals surface area contributed by atoms with Gasteiger partial charge in [0.25, 0.3) is 0 Å². The lowest BCUT2D eigenvalue weighted by molar-refractivity contribution is -0.117. The third kappa shape index (κ3) is 4.91. The van der Waals surface area contributed by atoms with Gasteiger partial charge in [0.1, 0.15) is 17.6 Å². The Bertz CT molecular complexity index is 816.